The summed E-state index contributed by atoms with van der Waals surface area (Å²) in [5, 5.41) is 9.10. The summed E-state index contributed by atoms with van der Waals surface area (Å²) in [5.74, 6) is 1.13. The Morgan fingerprint density at radius 1 is 1.12 bits per heavy atom. The predicted octanol–water partition coefficient (Wildman–Crippen LogP) is 2.36. The normalized spacial score (nSPS) is 14.5. The molecule has 132 valence electrons. The molecule has 2 amide bonds. The van der Waals surface area contributed by atoms with Gasteiger partial charge >= 0.3 is 0 Å². The molecule has 1 heterocycles. The number of carbonyl (C=O) groups is 2. The zero-order valence-corrected chi connectivity index (χ0v) is 14.2. The van der Waals surface area contributed by atoms with Crippen LogP contribution in [0.1, 0.15) is 18.6 Å². The highest BCUT2D eigenvalue weighted by atomic mass is 16.5. The number of hydrogen-bond acceptors (Lipinski definition) is 6. The van der Waals surface area contributed by atoms with Crippen LogP contribution in [0.5, 0.6) is 11.5 Å². The number of anilines is 2. The second kappa shape index (κ2) is 6.46. The molecule has 1 aromatic carbocycles. The fraction of sp³-hybridized carbons (Fsp3) is 0.353. The first-order valence-corrected chi connectivity index (χ1v) is 7.77. The van der Waals surface area contributed by atoms with Gasteiger partial charge in [0.05, 0.1) is 19.9 Å². The molecule has 3 rings (SSSR count). The Bertz CT molecular complexity index is 810. The molecule has 8 heteroatoms. The van der Waals surface area contributed by atoms with Crippen molar-refractivity contribution in [3.05, 3.63) is 30.0 Å². The van der Waals surface area contributed by atoms with E-state index in [4.69, 9.17) is 14.0 Å². The summed E-state index contributed by atoms with van der Waals surface area (Å²) in [4.78, 5) is 25.2. The Hall–Kier alpha value is -3.03. The quantitative estimate of drug-likeness (QED) is 0.779. The van der Waals surface area contributed by atoms with Crippen molar-refractivity contribution in [2.75, 3.05) is 24.9 Å². The molecular weight excluding hydrogens is 326 g/mol. The number of aromatic nitrogens is 1. The SMILES string of the molecule is COc1ccc(OC)c(NC(=O)C2(C(=O)Nc3cc(C)on3)CC2)c1. The second-order valence-corrected chi connectivity index (χ2v) is 5.88. The highest BCUT2D eigenvalue weighted by Gasteiger charge is 2.56. The van der Waals surface area contributed by atoms with Crippen molar-refractivity contribution in [2.24, 2.45) is 5.41 Å². The molecule has 1 aliphatic rings. The summed E-state index contributed by atoms with van der Waals surface area (Å²) in [7, 11) is 3.03. The standard InChI is InChI=1S/C17H19N3O5/c1-10-8-14(20-25-10)19-16(22)17(6-7-17)15(21)18-12-9-11(23-2)4-5-13(12)24-3/h4-5,8-9H,6-7H2,1-3H3,(H,18,21)(H,19,20,22). The highest BCUT2D eigenvalue weighted by Crippen LogP contribution is 2.48. The van der Waals surface area contributed by atoms with Crippen molar-refractivity contribution >= 4 is 23.3 Å². The smallest absolute Gasteiger partial charge is 0.241 e. The Morgan fingerprint density at radius 3 is 2.40 bits per heavy atom. The summed E-state index contributed by atoms with van der Waals surface area (Å²) in [6, 6.07) is 6.65. The fourth-order valence-corrected chi connectivity index (χ4v) is 2.50. The van der Waals surface area contributed by atoms with Crippen LogP contribution < -0.4 is 20.1 Å². The number of hydrogen-bond donors (Lipinski definition) is 2. The molecule has 0 saturated heterocycles. The first kappa shape index (κ1) is 16.8. The van der Waals surface area contributed by atoms with E-state index in [-0.39, 0.29) is 0 Å². The second-order valence-electron chi connectivity index (χ2n) is 5.88. The van der Waals surface area contributed by atoms with Crippen LogP contribution in [0.3, 0.4) is 0 Å². The number of nitrogens with one attached hydrogen (secondary N) is 2. The zero-order chi connectivity index (χ0) is 18.0. The number of methoxy groups -OCH3 is 2. The molecule has 0 unspecified atom stereocenters. The summed E-state index contributed by atoms with van der Waals surface area (Å²) >= 11 is 0. The summed E-state index contributed by atoms with van der Waals surface area (Å²) in [6.45, 7) is 1.72. The molecule has 0 spiro atoms. The van der Waals surface area contributed by atoms with Gasteiger partial charge in [0.15, 0.2) is 5.82 Å². The van der Waals surface area contributed by atoms with Crippen molar-refractivity contribution in [3.8, 4) is 11.5 Å². The predicted molar refractivity (Wildman–Crippen MR) is 89.7 cm³/mol. The largest absolute Gasteiger partial charge is 0.497 e. The molecule has 0 bridgehead atoms. The Morgan fingerprint density at radius 2 is 1.84 bits per heavy atom. The third-order valence-electron chi connectivity index (χ3n) is 4.14. The van der Waals surface area contributed by atoms with E-state index in [1.807, 2.05) is 0 Å². The number of amides is 2. The van der Waals surface area contributed by atoms with E-state index >= 15 is 0 Å². The average Bonchev–Trinajstić information content (AvgIpc) is 3.33. The minimum absolute atomic E-state index is 0.292. The van der Waals surface area contributed by atoms with Crippen molar-refractivity contribution in [1.29, 1.82) is 0 Å². The summed E-state index contributed by atoms with van der Waals surface area (Å²) in [5.41, 5.74) is -0.663. The lowest BCUT2D eigenvalue weighted by Crippen LogP contribution is -2.35. The molecule has 1 aliphatic carbocycles. The van der Waals surface area contributed by atoms with Gasteiger partial charge in [0, 0.05) is 12.1 Å². The van der Waals surface area contributed by atoms with Crippen LogP contribution in [-0.4, -0.2) is 31.2 Å². The number of ether oxygens (including phenoxy) is 2. The molecular formula is C17H19N3O5. The van der Waals surface area contributed by atoms with E-state index in [9.17, 15) is 9.59 Å². The minimum atomic E-state index is -1.11. The Balaban J connectivity index is 1.75. The number of benzene rings is 1. The molecule has 8 nitrogen and oxygen atoms in total. The maximum absolute atomic E-state index is 12.7. The van der Waals surface area contributed by atoms with Gasteiger partial charge in [-0.25, -0.2) is 0 Å². The molecule has 1 saturated carbocycles. The maximum atomic E-state index is 12.7. The van der Waals surface area contributed by atoms with Gasteiger partial charge in [0.1, 0.15) is 22.7 Å². The summed E-state index contributed by atoms with van der Waals surface area (Å²) in [6.07, 6.45) is 0.932. The van der Waals surface area contributed by atoms with Gasteiger partial charge in [0.25, 0.3) is 0 Å². The van der Waals surface area contributed by atoms with Crippen LogP contribution in [0.15, 0.2) is 28.8 Å². The van der Waals surface area contributed by atoms with Gasteiger partial charge in [-0.2, -0.15) is 0 Å². The van der Waals surface area contributed by atoms with E-state index in [0.29, 0.717) is 41.6 Å². The van der Waals surface area contributed by atoms with Crippen LogP contribution in [0.25, 0.3) is 0 Å². The van der Waals surface area contributed by atoms with Gasteiger partial charge in [-0.3, -0.25) is 9.59 Å². The van der Waals surface area contributed by atoms with Crippen LogP contribution in [0.2, 0.25) is 0 Å². The van der Waals surface area contributed by atoms with E-state index in [2.05, 4.69) is 15.8 Å². The molecule has 1 fully saturated rings. The Labute approximate surface area is 144 Å². The van der Waals surface area contributed by atoms with E-state index in [1.165, 1.54) is 14.2 Å². The first-order valence-electron chi connectivity index (χ1n) is 7.77. The molecule has 25 heavy (non-hydrogen) atoms. The van der Waals surface area contributed by atoms with Crippen LogP contribution in [-0.2, 0) is 9.59 Å². The lowest BCUT2D eigenvalue weighted by molar-refractivity contribution is -0.131. The zero-order valence-electron chi connectivity index (χ0n) is 14.2. The topological polar surface area (TPSA) is 103 Å². The van der Waals surface area contributed by atoms with Crippen LogP contribution in [0, 0.1) is 12.3 Å². The summed E-state index contributed by atoms with van der Waals surface area (Å²) < 4.78 is 15.3. The fourth-order valence-electron chi connectivity index (χ4n) is 2.50. The third-order valence-corrected chi connectivity index (χ3v) is 4.14. The van der Waals surface area contributed by atoms with Gasteiger partial charge in [-0.15, -0.1) is 0 Å². The molecule has 1 aromatic heterocycles. The molecule has 0 atom stereocenters. The van der Waals surface area contributed by atoms with Crippen LogP contribution >= 0.6 is 0 Å². The van der Waals surface area contributed by atoms with E-state index in [1.54, 1.807) is 31.2 Å². The molecule has 0 aliphatic heterocycles. The number of rotatable bonds is 6. The third kappa shape index (κ3) is 3.28. The van der Waals surface area contributed by atoms with Crippen molar-refractivity contribution in [1.82, 2.24) is 5.16 Å². The molecule has 0 radical (unpaired) electrons. The lowest BCUT2D eigenvalue weighted by atomic mass is 10.0. The molecule has 2 aromatic rings. The first-order chi connectivity index (χ1) is 12.0. The van der Waals surface area contributed by atoms with E-state index < -0.39 is 17.2 Å². The van der Waals surface area contributed by atoms with Crippen LogP contribution in [0.4, 0.5) is 11.5 Å². The van der Waals surface area contributed by atoms with Gasteiger partial charge in [-0.05, 0) is 31.9 Å². The minimum Gasteiger partial charge on any atom is -0.497 e. The van der Waals surface area contributed by atoms with Crippen molar-refractivity contribution < 1.29 is 23.6 Å². The average molecular weight is 345 g/mol. The van der Waals surface area contributed by atoms with Gasteiger partial charge < -0.3 is 24.6 Å². The van der Waals surface area contributed by atoms with E-state index in [0.717, 1.165) is 0 Å². The Kier molecular flexibility index (Phi) is 4.35. The molecule has 2 N–H and O–H groups in total. The van der Waals surface area contributed by atoms with Gasteiger partial charge in [0.2, 0.25) is 11.8 Å². The monoisotopic (exact) mass is 345 g/mol. The highest BCUT2D eigenvalue weighted by molar-refractivity contribution is 6.17. The number of aryl methyl sites for hydroxylation is 1. The van der Waals surface area contributed by atoms with Gasteiger partial charge in [-0.1, -0.05) is 5.16 Å². The maximum Gasteiger partial charge on any atom is 0.241 e. The number of nitrogens with zero attached hydrogens (tertiary/aromatic N) is 1. The number of carbonyl (C=O) groups excluding carboxylic acids is 2. The lowest BCUT2D eigenvalue weighted by Gasteiger charge is -2.16. The van der Waals surface area contributed by atoms with Crippen molar-refractivity contribution in [3.63, 3.8) is 0 Å². The van der Waals surface area contributed by atoms with Crippen molar-refractivity contribution in [2.45, 2.75) is 19.8 Å².